The Morgan fingerprint density at radius 3 is 2.81 bits per heavy atom. The first-order chi connectivity index (χ1) is 7.65. The van der Waals surface area contributed by atoms with Gasteiger partial charge in [0, 0.05) is 12.4 Å². The number of halogens is 2. The number of alkyl halides is 1. The Hall–Kier alpha value is -1.09. The first kappa shape index (κ1) is 13.0. The molecule has 0 aliphatic heterocycles. The third-order valence-electron chi connectivity index (χ3n) is 2.33. The molecule has 0 saturated heterocycles. The van der Waals surface area contributed by atoms with Crippen molar-refractivity contribution >= 4 is 17.5 Å². The standard InChI is InChI=1S/C12H15ClFNO/c1-9(6-7-13)8-15-12(16)10-4-2-3-5-11(10)14/h2-5,9H,6-8H2,1H3,(H,15,16). The normalized spacial score (nSPS) is 12.2. The third kappa shape index (κ3) is 3.81. The van der Waals surface area contributed by atoms with Gasteiger partial charge in [-0.15, -0.1) is 11.6 Å². The zero-order valence-electron chi connectivity index (χ0n) is 9.17. The van der Waals surface area contributed by atoms with Gasteiger partial charge in [0.2, 0.25) is 0 Å². The van der Waals surface area contributed by atoms with Gasteiger partial charge in [-0.25, -0.2) is 4.39 Å². The molecule has 1 amide bonds. The summed E-state index contributed by atoms with van der Waals surface area (Å²) in [6, 6.07) is 5.94. The van der Waals surface area contributed by atoms with Gasteiger partial charge < -0.3 is 5.32 Å². The first-order valence-corrected chi connectivity index (χ1v) is 5.77. The van der Waals surface area contributed by atoms with Crippen molar-refractivity contribution in [3.8, 4) is 0 Å². The van der Waals surface area contributed by atoms with Crippen molar-refractivity contribution in [2.75, 3.05) is 12.4 Å². The van der Waals surface area contributed by atoms with Gasteiger partial charge in [-0.05, 0) is 24.5 Å². The highest BCUT2D eigenvalue weighted by Gasteiger charge is 2.11. The summed E-state index contributed by atoms with van der Waals surface area (Å²) in [5, 5.41) is 2.69. The zero-order chi connectivity index (χ0) is 12.0. The van der Waals surface area contributed by atoms with Crippen molar-refractivity contribution in [2.45, 2.75) is 13.3 Å². The lowest BCUT2D eigenvalue weighted by Gasteiger charge is -2.11. The molecule has 88 valence electrons. The van der Waals surface area contributed by atoms with Crippen LogP contribution < -0.4 is 5.32 Å². The number of carbonyl (C=O) groups excluding carboxylic acids is 1. The quantitative estimate of drug-likeness (QED) is 0.792. The molecule has 16 heavy (non-hydrogen) atoms. The number of benzene rings is 1. The minimum absolute atomic E-state index is 0.0839. The average Bonchev–Trinajstić information content (AvgIpc) is 2.27. The summed E-state index contributed by atoms with van der Waals surface area (Å²) < 4.78 is 13.2. The second-order valence-electron chi connectivity index (χ2n) is 3.77. The van der Waals surface area contributed by atoms with E-state index in [1.807, 2.05) is 6.92 Å². The Balaban J connectivity index is 2.50. The van der Waals surface area contributed by atoms with Crippen LogP contribution in [0.2, 0.25) is 0 Å². The number of carbonyl (C=O) groups is 1. The number of hydrogen-bond acceptors (Lipinski definition) is 1. The molecule has 1 atom stereocenters. The number of nitrogens with one attached hydrogen (secondary N) is 1. The van der Waals surface area contributed by atoms with E-state index in [-0.39, 0.29) is 11.5 Å². The van der Waals surface area contributed by atoms with Crippen molar-refractivity contribution in [3.63, 3.8) is 0 Å². The van der Waals surface area contributed by atoms with E-state index in [4.69, 9.17) is 11.6 Å². The number of rotatable bonds is 5. The molecular weight excluding hydrogens is 229 g/mol. The predicted octanol–water partition coefficient (Wildman–Crippen LogP) is 2.82. The van der Waals surface area contributed by atoms with Crippen LogP contribution in [0.4, 0.5) is 4.39 Å². The Bertz CT molecular complexity index is 357. The summed E-state index contributed by atoms with van der Waals surface area (Å²) in [6.07, 6.45) is 0.832. The van der Waals surface area contributed by atoms with Crippen LogP contribution in [0.1, 0.15) is 23.7 Å². The van der Waals surface area contributed by atoms with Crippen molar-refractivity contribution in [2.24, 2.45) is 5.92 Å². The fourth-order valence-electron chi connectivity index (χ4n) is 1.30. The fourth-order valence-corrected chi connectivity index (χ4v) is 1.67. The number of amides is 1. The monoisotopic (exact) mass is 243 g/mol. The molecule has 0 fully saturated rings. The van der Waals surface area contributed by atoms with E-state index in [0.29, 0.717) is 18.3 Å². The summed E-state index contributed by atoms with van der Waals surface area (Å²) in [7, 11) is 0. The third-order valence-corrected chi connectivity index (χ3v) is 2.55. The summed E-state index contributed by atoms with van der Waals surface area (Å²) >= 11 is 5.58. The van der Waals surface area contributed by atoms with Gasteiger partial charge >= 0.3 is 0 Å². The van der Waals surface area contributed by atoms with E-state index < -0.39 is 5.82 Å². The van der Waals surface area contributed by atoms with Gasteiger partial charge in [-0.1, -0.05) is 19.1 Å². The van der Waals surface area contributed by atoms with E-state index in [1.54, 1.807) is 12.1 Å². The minimum Gasteiger partial charge on any atom is -0.352 e. The Morgan fingerprint density at radius 1 is 1.50 bits per heavy atom. The molecule has 0 heterocycles. The lowest BCUT2D eigenvalue weighted by atomic mass is 10.1. The van der Waals surface area contributed by atoms with Crippen LogP contribution in [0.3, 0.4) is 0 Å². The topological polar surface area (TPSA) is 29.1 Å². The summed E-state index contributed by atoms with van der Waals surface area (Å²) in [4.78, 5) is 11.6. The van der Waals surface area contributed by atoms with Crippen LogP contribution in [-0.4, -0.2) is 18.3 Å². The van der Waals surface area contributed by atoms with Crippen LogP contribution in [0.25, 0.3) is 0 Å². The highest BCUT2D eigenvalue weighted by atomic mass is 35.5. The van der Waals surface area contributed by atoms with Gasteiger partial charge in [-0.3, -0.25) is 4.79 Å². The summed E-state index contributed by atoms with van der Waals surface area (Å²) in [5.41, 5.74) is 0.0839. The smallest absolute Gasteiger partial charge is 0.254 e. The molecule has 0 aliphatic rings. The Labute approximate surface area is 99.8 Å². The molecule has 1 N–H and O–H groups in total. The molecule has 0 spiro atoms. The molecule has 0 aliphatic carbocycles. The van der Waals surface area contributed by atoms with Crippen LogP contribution in [0.15, 0.2) is 24.3 Å². The molecule has 1 aromatic rings. The van der Waals surface area contributed by atoms with Crippen molar-refractivity contribution in [1.82, 2.24) is 5.32 Å². The van der Waals surface area contributed by atoms with E-state index in [0.717, 1.165) is 6.42 Å². The zero-order valence-corrected chi connectivity index (χ0v) is 9.93. The maximum absolute atomic E-state index is 13.2. The minimum atomic E-state index is -0.495. The molecule has 0 aromatic heterocycles. The molecule has 0 bridgehead atoms. The van der Waals surface area contributed by atoms with Gasteiger partial charge in [0.1, 0.15) is 5.82 Å². The molecule has 4 heteroatoms. The largest absolute Gasteiger partial charge is 0.352 e. The molecule has 1 rings (SSSR count). The van der Waals surface area contributed by atoms with Crippen LogP contribution in [0, 0.1) is 11.7 Å². The predicted molar refractivity (Wildman–Crippen MR) is 63.2 cm³/mol. The average molecular weight is 244 g/mol. The SMILES string of the molecule is CC(CCCl)CNC(=O)c1ccccc1F. The van der Waals surface area contributed by atoms with Gasteiger partial charge in [0.15, 0.2) is 0 Å². The lowest BCUT2D eigenvalue weighted by molar-refractivity contribution is 0.0944. The van der Waals surface area contributed by atoms with Crippen molar-refractivity contribution < 1.29 is 9.18 Å². The fraction of sp³-hybridized carbons (Fsp3) is 0.417. The van der Waals surface area contributed by atoms with Crippen LogP contribution in [-0.2, 0) is 0 Å². The summed E-state index contributed by atoms with van der Waals surface area (Å²) in [5.74, 6) is -0.00533. The molecule has 1 unspecified atom stereocenters. The van der Waals surface area contributed by atoms with Gasteiger partial charge in [-0.2, -0.15) is 0 Å². The van der Waals surface area contributed by atoms with Crippen LogP contribution in [0.5, 0.6) is 0 Å². The van der Waals surface area contributed by atoms with E-state index >= 15 is 0 Å². The van der Waals surface area contributed by atoms with E-state index in [1.165, 1.54) is 12.1 Å². The second-order valence-corrected chi connectivity index (χ2v) is 4.15. The van der Waals surface area contributed by atoms with E-state index in [2.05, 4.69) is 5.32 Å². The maximum Gasteiger partial charge on any atom is 0.254 e. The Kier molecular flexibility index (Phi) is 5.26. The maximum atomic E-state index is 13.2. The summed E-state index contributed by atoms with van der Waals surface area (Å²) in [6.45, 7) is 2.50. The molecule has 0 radical (unpaired) electrons. The highest BCUT2D eigenvalue weighted by molar-refractivity contribution is 6.17. The molecule has 2 nitrogen and oxygen atoms in total. The van der Waals surface area contributed by atoms with Gasteiger partial charge in [0.25, 0.3) is 5.91 Å². The lowest BCUT2D eigenvalue weighted by Crippen LogP contribution is -2.29. The highest BCUT2D eigenvalue weighted by Crippen LogP contribution is 2.07. The second kappa shape index (κ2) is 6.48. The number of hydrogen-bond donors (Lipinski definition) is 1. The molecule has 1 aromatic carbocycles. The van der Waals surface area contributed by atoms with Gasteiger partial charge in [0.05, 0.1) is 5.56 Å². The van der Waals surface area contributed by atoms with E-state index in [9.17, 15) is 9.18 Å². The van der Waals surface area contributed by atoms with Crippen molar-refractivity contribution in [1.29, 1.82) is 0 Å². The molecule has 0 saturated carbocycles. The molecular formula is C12H15ClFNO. The first-order valence-electron chi connectivity index (χ1n) is 5.24. The Morgan fingerprint density at radius 2 is 2.19 bits per heavy atom. The van der Waals surface area contributed by atoms with Crippen LogP contribution >= 0.6 is 11.6 Å². The van der Waals surface area contributed by atoms with Crippen molar-refractivity contribution in [3.05, 3.63) is 35.6 Å².